The Morgan fingerprint density at radius 2 is 1.84 bits per heavy atom. The van der Waals surface area contributed by atoms with E-state index in [4.69, 9.17) is 4.42 Å². The summed E-state index contributed by atoms with van der Waals surface area (Å²) in [5.74, 6) is 0.273. The Morgan fingerprint density at radius 3 is 2.56 bits per heavy atom. The number of amides is 1. The van der Waals surface area contributed by atoms with Crippen LogP contribution in [0.3, 0.4) is 0 Å². The monoisotopic (exact) mass is 352 g/mol. The average molecular weight is 352 g/mol. The van der Waals surface area contributed by atoms with Crippen LogP contribution in [-0.2, 0) is 12.7 Å². The molecular formula is C18H19F3N2O2. The van der Waals surface area contributed by atoms with Crippen LogP contribution in [0.15, 0.2) is 47.1 Å². The molecule has 1 aromatic carbocycles. The number of benzene rings is 1. The Morgan fingerprint density at radius 1 is 1.04 bits per heavy atom. The van der Waals surface area contributed by atoms with Crippen LogP contribution < -0.4 is 0 Å². The van der Waals surface area contributed by atoms with Crippen molar-refractivity contribution in [3.63, 3.8) is 0 Å². The highest BCUT2D eigenvalue weighted by molar-refractivity contribution is 5.96. The van der Waals surface area contributed by atoms with Gasteiger partial charge in [0, 0.05) is 26.2 Å². The maximum Gasteiger partial charge on any atom is 0.417 e. The van der Waals surface area contributed by atoms with Crippen molar-refractivity contribution in [2.45, 2.75) is 19.1 Å². The molecule has 2 aromatic rings. The molecule has 1 fully saturated rings. The van der Waals surface area contributed by atoms with E-state index in [9.17, 15) is 18.0 Å². The fourth-order valence-electron chi connectivity index (χ4n) is 3.04. The summed E-state index contributed by atoms with van der Waals surface area (Å²) in [5, 5.41) is 0. The van der Waals surface area contributed by atoms with Gasteiger partial charge in [0.15, 0.2) is 0 Å². The molecule has 0 bridgehead atoms. The summed E-state index contributed by atoms with van der Waals surface area (Å²) in [6.07, 6.45) is -2.22. The van der Waals surface area contributed by atoms with E-state index in [1.54, 1.807) is 6.26 Å². The molecule has 3 rings (SSSR count). The van der Waals surface area contributed by atoms with E-state index in [-0.39, 0.29) is 5.56 Å². The number of carbonyl (C=O) groups excluding carboxylic acids is 1. The minimum Gasteiger partial charge on any atom is -0.468 e. The van der Waals surface area contributed by atoms with Crippen LogP contribution in [0.1, 0.15) is 28.1 Å². The Bertz CT molecular complexity index is 713. The van der Waals surface area contributed by atoms with Gasteiger partial charge < -0.3 is 9.32 Å². The summed E-state index contributed by atoms with van der Waals surface area (Å²) in [4.78, 5) is 16.3. The topological polar surface area (TPSA) is 36.7 Å². The predicted octanol–water partition coefficient (Wildman–Crippen LogP) is 3.65. The number of furan rings is 1. The van der Waals surface area contributed by atoms with Gasteiger partial charge in [-0.3, -0.25) is 9.69 Å². The van der Waals surface area contributed by atoms with Crippen molar-refractivity contribution in [3.8, 4) is 0 Å². The second-order valence-electron chi connectivity index (χ2n) is 6.04. The SMILES string of the molecule is O=C(c1ccccc1C(F)(F)F)N1CCCN(Cc2ccco2)CC1. The zero-order valence-electron chi connectivity index (χ0n) is 13.6. The summed E-state index contributed by atoms with van der Waals surface area (Å²) in [6.45, 7) is 2.84. The zero-order chi connectivity index (χ0) is 17.9. The molecule has 134 valence electrons. The van der Waals surface area contributed by atoms with E-state index < -0.39 is 17.6 Å². The standard InChI is InChI=1S/C18H19F3N2O2/c19-18(20,21)16-7-2-1-6-15(16)17(24)23-9-4-8-22(10-11-23)13-14-5-3-12-25-14/h1-3,5-7,12H,4,8-11,13H2. The summed E-state index contributed by atoms with van der Waals surface area (Å²) in [6, 6.07) is 8.66. The van der Waals surface area contributed by atoms with Gasteiger partial charge in [-0.05, 0) is 30.7 Å². The molecule has 0 unspecified atom stereocenters. The van der Waals surface area contributed by atoms with E-state index >= 15 is 0 Å². The highest BCUT2D eigenvalue weighted by Gasteiger charge is 2.36. The number of carbonyl (C=O) groups is 1. The summed E-state index contributed by atoms with van der Waals surface area (Å²) in [5.41, 5.74) is -1.16. The molecule has 1 aromatic heterocycles. The van der Waals surface area contributed by atoms with E-state index in [0.717, 1.165) is 18.4 Å². The zero-order valence-corrected chi connectivity index (χ0v) is 13.6. The molecule has 0 saturated carbocycles. The number of halogens is 3. The Hall–Kier alpha value is -2.28. The first-order valence-corrected chi connectivity index (χ1v) is 8.15. The molecule has 7 heteroatoms. The Labute approximate surface area is 143 Å². The lowest BCUT2D eigenvalue weighted by molar-refractivity contribution is -0.138. The lowest BCUT2D eigenvalue weighted by atomic mass is 10.1. The molecule has 1 aliphatic heterocycles. The Kier molecular flexibility index (Phi) is 5.13. The van der Waals surface area contributed by atoms with Gasteiger partial charge in [-0.2, -0.15) is 13.2 Å². The van der Waals surface area contributed by atoms with Crippen molar-refractivity contribution in [2.24, 2.45) is 0 Å². The second kappa shape index (κ2) is 7.31. The minimum atomic E-state index is -4.54. The van der Waals surface area contributed by atoms with Gasteiger partial charge in [0.1, 0.15) is 5.76 Å². The highest BCUT2D eigenvalue weighted by Crippen LogP contribution is 2.32. The average Bonchev–Trinajstić information content (AvgIpc) is 2.98. The number of hydrogen-bond acceptors (Lipinski definition) is 3. The van der Waals surface area contributed by atoms with Crippen LogP contribution in [0.5, 0.6) is 0 Å². The molecule has 0 atom stereocenters. The first-order chi connectivity index (χ1) is 11.9. The van der Waals surface area contributed by atoms with Crippen LogP contribution in [0, 0.1) is 0 Å². The van der Waals surface area contributed by atoms with E-state index in [0.29, 0.717) is 32.6 Å². The highest BCUT2D eigenvalue weighted by atomic mass is 19.4. The molecule has 0 spiro atoms. The van der Waals surface area contributed by atoms with Crippen LogP contribution in [0.4, 0.5) is 13.2 Å². The maximum absolute atomic E-state index is 13.1. The fourth-order valence-corrected chi connectivity index (χ4v) is 3.04. The van der Waals surface area contributed by atoms with Crippen LogP contribution in [-0.4, -0.2) is 41.9 Å². The minimum absolute atomic E-state index is 0.283. The third-order valence-corrected chi connectivity index (χ3v) is 4.30. The number of nitrogens with zero attached hydrogens (tertiary/aromatic N) is 2. The van der Waals surface area contributed by atoms with Gasteiger partial charge in [0.25, 0.3) is 5.91 Å². The van der Waals surface area contributed by atoms with Crippen LogP contribution in [0.25, 0.3) is 0 Å². The van der Waals surface area contributed by atoms with Crippen molar-refractivity contribution >= 4 is 5.91 Å². The molecule has 1 amide bonds. The largest absolute Gasteiger partial charge is 0.468 e. The smallest absolute Gasteiger partial charge is 0.417 e. The van der Waals surface area contributed by atoms with Crippen LogP contribution in [0.2, 0.25) is 0 Å². The van der Waals surface area contributed by atoms with Gasteiger partial charge >= 0.3 is 6.18 Å². The molecule has 0 N–H and O–H groups in total. The molecular weight excluding hydrogens is 333 g/mol. The molecule has 1 aliphatic rings. The van der Waals surface area contributed by atoms with Crippen molar-refractivity contribution in [1.82, 2.24) is 9.80 Å². The van der Waals surface area contributed by atoms with E-state index in [2.05, 4.69) is 4.90 Å². The summed E-state index contributed by atoms with van der Waals surface area (Å²) < 4.78 is 44.7. The number of rotatable bonds is 3. The first-order valence-electron chi connectivity index (χ1n) is 8.15. The molecule has 25 heavy (non-hydrogen) atoms. The Balaban J connectivity index is 1.70. The van der Waals surface area contributed by atoms with Gasteiger partial charge in [0.05, 0.1) is 23.9 Å². The van der Waals surface area contributed by atoms with Gasteiger partial charge in [-0.25, -0.2) is 0 Å². The van der Waals surface area contributed by atoms with E-state index in [1.807, 2.05) is 12.1 Å². The third-order valence-electron chi connectivity index (χ3n) is 4.30. The predicted molar refractivity (Wildman–Crippen MR) is 85.9 cm³/mol. The van der Waals surface area contributed by atoms with Crippen molar-refractivity contribution in [1.29, 1.82) is 0 Å². The van der Waals surface area contributed by atoms with E-state index in [1.165, 1.54) is 23.1 Å². The molecule has 2 heterocycles. The van der Waals surface area contributed by atoms with Crippen molar-refractivity contribution < 1.29 is 22.4 Å². The molecule has 1 saturated heterocycles. The normalized spacial score (nSPS) is 16.7. The van der Waals surface area contributed by atoms with Crippen molar-refractivity contribution in [2.75, 3.05) is 26.2 Å². The third kappa shape index (κ3) is 4.22. The fraction of sp³-hybridized carbons (Fsp3) is 0.389. The quantitative estimate of drug-likeness (QED) is 0.846. The molecule has 0 aliphatic carbocycles. The van der Waals surface area contributed by atoms with Gasteiger partial charge in [0.2, 0.25) is 0 Å². The number of hydrogen-bond donors (Lipinski definition) is 0. The summed E-state index contributed by atoms with van der Waals surface area (Å²) in [7, 11) is 0. The lowest BCUT2D eigenvalue weighted by Crippen LogP contribution is -2.36. The molecule has 0 radical (unpaired) electrons. The maximum atomic E-state index is 13.1. The second-order valence-corrected chi connectivity index (χ2v) is 6.04. The lowest BCUT2D eigenvalue weighted by Gasteiger charge is -2.23. The van der Waals surface area contributed by atoms with Gasteiger partial charge in [-0.15, -0.1) is 0 Å². The van der Waals surface area contributed by atoms with Gasteiger partial charge in [-0.1, -0.05) is 12.1 Å². The van der Waals surface area contributed by atoms with Crippen LogP contribution >= 0.6 is 0 Å². The first kappa shape index (κ1) is 17.5. The number of alkyl halides is 3. The van der Waals surface area contributed by atoms with Crippen molar-refractivity contribution in [3.05, 3.63) is 59.5 Å². The summed E-state index contributed by atoms with van der Waals surface area (Å²) >= 11 is 0. The molecule has 4 nitrogen and oxygen atoms in total.